The van der Waals surface area contributed by atoms with Crippen molar-refractivity contribution in [1.29, 1.82) is 0 Å². The number of carboxylic acids is 1. The molecule has 0 spiro atoms. The van der Waals surface area contributed by atoms with Gasteiger partial charge in [-0.3, -0.25) is 4.57 Å². The van der Waals surface area contributed by atoms with Crippen LogP contribution in [0.15, 0.2) is 23.0 Å². The van der Waals surface area contributed by atoms with Gasteiger partial charge in [-0.25, -0.2) is 22.3 Å². The van der Waals surface area contributed by atoms with Crippen LogP contribution in [0.4, 0.5) is 0 Å². The van der Waals surface area contributed by atoms with Gasteiger partial charge >= 0.3 is 11.7 Å². The molecule has 114 valence electrons. The number of rotatable bonds is 5. The van der Waals surface area contributed by atoms with Crippen LogP contribution < -0.4 is 5.69 Å². The summed E-state index contributed by atoms with van der Waals surface area (Å²) < 4.78 is 25.9. The smallest absolute Gasteiger partial charge is 0.335 e. The monoisotopic (exact) mass is 313 g/mol. The Labute approximate surface area is 120 Å². The van der Waals surface area contributed by atoms with Crippen LogP contribution in [0.3, 0.4) is 0 Å². The fourth-order valence-electron chi connectivity index (χ4n) is 1.91. The van der Waals surface area contributed by atoms with E-state index in [2.05, 4.69) is 4.98 Å². The van der Waals surface area contributed by atoms with Crippen molar-refractivity contribution in [3.05, 3.63) is 34.2 Å². The Morgan fingerprint density at radius 1 is 1.38 bits per heavy atom. The van der Waals surface area contributed by atoms with E-state index in [0.29, 0.717) is 11.0 Å². The summed E-state index contributed by atoms with van der Waals surface area (Å²) in [5.74, 6) is -1.31. The summed E-state index contributed by atoms with van der Waals surface area (Å²) in [4.78, 5) is 25.3. The summed E-state index contributed by atoms with van der Waals surface area (Å²) in [7, 11) is -0.570. The molecule has 0 saturated heterocycles. The molecule has 0 aliphatic heterocycles. The average Bonchev–Trinajstić information content (AvgIpc) is 2.70. The molecule has 8 nitrogen and oxygen atoms in total. The molecule has 0 saturated carbocycles. The van der Waals surface area contributed by atoms with Gasteiger partial charge in [-0.1, -0.05) is 0 Å². The van der Waals surface area contributed by atoms with E-state index < -0.39 is 21.7 Å². The largest absolute Gasteiger partial charge is 0.478 e. The molecule has 1 aromatic heterocycles. The van der Waals surface area contributed by atoms with E-state index in [1.54, 1.807) is 0 Å². The van der Waals surface area contributed by atoms with Gasteiger partial charge in [-0.15, -0.1) is 0 Å². The van der Waals surface area contributed by atoms with Gasteiger partial charge in [-0.2, -0.15) is 0 Å². The van der Waals surface area contributed by atoms with Crippen molar-refractivity contribution in [3.63, 3.8) is 0 Å². The number of nitrogens with zero attached hydrogens (tertiary/aromatic N) is 2. The number of carbonyl (C=O) groups is 1. The van der Waals surface area contributed by atoms with E-state index in [4.69, 9.17) is 5.11 Å². The first-order valence-electron chi connectivity index (χ1n) is 6.08. The highest BCUT2D eigenvalue weighted by atomic mass is 32.2. The lowest BCUT2D eigenvalue weighted by molar-refractivity contribution is 0.0697. The van der Waals surface area contributed by atoms with E-state index >= 15 is 0 Å². The molecule has 21 heavy (non-hydrogen) atoms. The quantitative estimate of drug-likeness (QED) is 0.801. The molecule has 0 unspecified atom stereocenters. The summed E-state index contributed by atoms with van der Waals surface area (Å²) in [6, 6.07) is 4.20. The summed E-state index contributed by atoms with van der Waals surface area (Å²) >= 11 is 0. The first kappa shape index (κ1) is 15.3. The lowest BCUT2D eigenvalue weighted by Crippen LogP contribution is -2.29. The Balaban J connectivity index is 2.39. The third-order valence-corrected chi connectivity index (χ3v) is 4.96. The third-order valence-electron chi connectivity index (χ3n) is 3.15. The van der Waals surface area contributed by atoms with Crippen molar-refractivity contribution in [2.75, 3.05) is 19.8 Å². The number of aromatic amines is 1. The molecule has 0 bridgehead atoms. The van der Waals surface area contributed by atoms with Gasteiger partial charge in [-0.05, 0) is 18.2 Å². The maximum absolute atomic E-state index is 11.9. The van der Waals surface area contributed by atoms with E-state index in [-0.39, 0.29) is 17.9 Å². The average molecular weight is 313 g/mol. The number of sulfonamides is 1. The topological polar surface area (TPSA) is 112 Å². The Bertz CT molecular complexity index is 847. The number of benzene rings is 1. The first-order chi connectivity index (χ1) is 9.72. The zero-order chi connectivity index (χ0) is 15.8. The molecule has 0 radical (unpaired) electrons. The van der Waals surface area contributed by atoms with Crippen molar-refractivity contribution < 1.29 is 18.3 Å². The number of hydrogen-bond acceptors (Lipinski definition) is 4. The van der Waals surface area contributed by atoms with Crippen LogP contribution in [0.25, 0.3) is 11.0 Å². The molecule has 0 atom stereocenters. The lowest BCUT2D eigenvalue weighted by atomic mass is 10.2. The van der Waals surface area contributed by atoms with Crippen molar-refractivity contribution in [2.45, 2.75) is 6.54 Å². The van der Waals surface area contributed by atoms with Crippen molar-refractivity contribution >= 4 is 27.0 Å². The van der Waals surface area contributed by atoms with Gasteiger partial charge in [0, 0.05) is 20.6 Å². The minimum absolute atomic E-state index is 0.00817. The maximum Gasteiger partial charge on any atom is 0.335 e. The van der Waals surface area contributed by atoms with Crippen LogP contribution in [0.5, 0.6) is 0 Å². The number of nitrogens with one attached hydrogen (secondary N) is 1. The van der Waals surface area contributed by atoms with Crippen LogP contribution in [-0.2, 0) is 16.6 Å². The zero-order valence-corrected chi connectivity index (χ0v) is 12.3. The highest BCUT2D eigenvalue weighted by Gasteiger charge is 2.16. The number of carboxylic acid groups (broad SMARTS) is 1. The van der Waals surface area contributed by atoms with Gasteiger partial charge in [0.2, 0.25) is 10.0 Å². The number of hydrogen-bond donors (Lipinski definition) is 2. The summed E-state index contributed by atoms with van der Waals surface area (Å²) in [6.07, 6.45) is 0. The number of aryl methyl sites for hydroxylation is 1. The highest BCUT2D eigenvalue weighted by Crippen LogP contribution is 2.13. The van der Waals surface area contributed by atoms with Crippen molar-refractivity contribution in [2.24, 2.45) is 0 Å². The van der Waals surface area contributed by atoms with Gasteiger partial charge in [0.25, 0.3) is 0 Å². The minimum Gasteiger partial charge on any atom is -0.478 e. The van der Waals surface area contributed by atoms with Crippen LogP contribution in [0.2, 0.25) is 0 Å². The second kappa shape index (κ2) is 5.34. The van der Waals surface area contributed by atoms with Crippen molar-refractivity contribution in [1.82, 2.24) is 13.9 Å². The second-order valence-corrected chi connectivity index (χ2v) is 7.02. The molecule has 0 aliphatic rings. The molecule has 9 heteroatoms. The molecule has 0 aliphatic carbocycles. The maximum atomic E-state index is 11.9. The summed E-state index contributed by atoms with van der Waals surface area (Å²) in [5, 5.41) is 8.91. The van der Waals surface area contributed by atoms with Gasteiger partial charge in [0.15, 0.2) is 0 Å². The van der Waals surface area contributed by atoms with E-state index in [0.717, 1.165) is 4.31 Å². The SMILES string of the molecule is CN(C)S(=O)(=O)CCn1c(=O)[nH]c2cc(C(=O)O)ccc21. The van der Waals surface area contributed by atoms with E-state index in [1.807, 2.05) is 0 Å². The van der Waals surface area contributed by atoms with Crippen molar-refractivity contribution in [3.8, 4) is 0 Å². The normalized spacial score (nSPS) is 12.1. The van der Waals surface area contributed by atoms with Crippen LogP contribution in [0, 0.1) is 0 Å². The minimum atomic E-state index is -3.42. The number of aromatic nitrogens is 2. The molecule has 2 aromatic rings. The van der Waals surface area contributed by atoms with Gasteiger partial charge in [0.1, 0.15) is 0 Å². The van der Waals surface area contributed by atoms with Gasteiger partial charge in [0.05, 0.1) is 22.3 Å². The second-order valence-electron chi connectivity index (χ2n) is 4.72. The molecule has 0 fully saturated rings. The molecule has 2 rings (SSSR count). The summed E-state index contributed by atoms with van der Waals surface area (Å²) in [6.45, 7) is -0.00817. The summed E-state index contributed by atoms with van der Waals surface area (Å²) in [5.41, 5.74) is 0.416. The predicted octanol–water partition coefficient (Wildman–Crippen LogP) is -0.0808. The Hall–Kier alpha value is -2.13. The molecule has 1 aromatic carbocycles. The standard InChI is InChI=1S/C12H15N3O5S/c1-14(2)21(19,20)6-5-15-10-4-3-8(11(16)17)7-9(10)13-12(15)18/h3-4,7H,5-6H2,1-2H3,(H,13,18)(H,16,17). The van der Waals surface area contributed by atoms with Crippen LogP contribution in [0.1, 0.15) is 10.4 Å². The lowest BCUT2D eigenvalue weighted by Gasteiger charge is -2.11. The molecule has 0 amide bonds. The van der Waals surface area contributed by atoms with Crippen LogP contribution in [-0.4, -0.2) is 53.2 Å². The molecular weight excluding hydrogens is 298 g/mol. The number of fused-ring (bicyclic) bond motifs is 1. The highest BCUT2D eigenvalue weighted by molar-refractivity contribution is 7.89. The third kappa shape index (κ3) is 2.98. The fraction of sp³-hybridized carbons (Fsp3) is 0.333. The Kier molecular flexibility index (Phi) is 3.88. The number of H-pyrrole nitrogens is 1. The Morgan fingerprint density at radius 3 is 2.62 bits per heavy atom. The zero-order valence-electron chi connectivity index (χ0n) is 11.5. The van der Waals surface area contributed by atoms with Crippen LogP contribution >= 0.6 is 0 Å². The molecule has 1 heterocycles. The fourth-order valence-corrected chi connectivity index (χ4v) is 2.69. The predicted molar refractivity (Wildman–Crippen MR) is 77.0 cm³/mol. The number of aromatic carboxylic acids is 1. The first-order valence-corrected chi connectivity index (χ1v) is 7.69. The van der Waals surface area contributed by atoms with Gasteiger partial charge < -0.3 is 10.1 Å². The van der Waals surface area contributed by atoms with E-state index in [9.17, 15) is 18.0 Å². The molecular formula is C12H15N3O5S. The Morgan fingerprint density at radius 2 is 2.05 bits per heavy atom. The van der Waals surface area contributed by atoms with E-state index in [1.165, 1.54) is 36.9 Å². The number of imidazole rings is 1. The molecule has 2 N–H and O–H groups in total.